The second-order valence-corrected chi connectivity index (χ2v) is 12.0. The van der Waals surface area contributed by atoms with Gasteiger partial charge in [0.2, 0.25) is 5.91 Å². The summed E-state index contributed by atoms with van der Waals surface area (Å²) in [6.07, 6.45) is 5.42. The van der Waals surface area contributed by atoms with E-state index in [9.17, 15) is 14.4 Å². The van der Waals surface area contributed by atoms with Gasteiger partial charge in [0, 0.05) is 18.0 Å². The van der Waals surface area contributed by atoms with Gasteiger partial charge in [-0.25, -0.2) is 4.79 Å². The van der Waals surface area contributed by atoms with Crippen LogP contribution in [0.1, 0.15) is 89.0 Å². The van der Waals surface area contributed by atoms with Gasteiger partial charge in [0.25, 0.3) is 5.91 Å². The first-order valence-corrected chi connectivity index (χ1v) is 15.5. The monoisotopic (exact) mass is 599 g/mol. The molecule has 2 unspecified atom stereocenters. The van der Waals surface area contributed by atoms with Crippen molar-refractivity contribution in [1.82, 2.24) is 10.2 Å². The molecule has 232 valence electrons. The van der Waals surface area contributed by atoms with Gasteiger partial charge in [-0.2, -0.15) is 12.6 Å². The lowest BCUT2D eigenvalue weighted by Gasteiger charge is -2.35. The minimum atomic E-state index is -0.982. The number of amides is 3. The Kier molecular flexibility index (Phi) is 14.2. The fourth-order valence-electron chi connectivity index (χ4n) is 4.65. The summed E-state index contributed by atoms with van der Waals surface area (Å²) in [6, 6.07) is 11.0. The van der Waals surface area contributed by atoms with Crippen molar-refractivity contribution in [3.05, 3.63) is 59.2 Å². The smallest absolute Gasteiger partial charge is 0.408 e. The van der Waals surface area contributed by atoms with E-state index in [0.29, 0.717) is 18.0 Å². The van der Waals surface area contributed by atoms with E-state index in [1.807, 2.05) is 32.0 Å². The van der Waals surface area contributed by atoms with Crippen molar-refractivity contribution in [2.45, 2.75) is 97.8 Å². The minimum absolute atomic E-state index is 0.0463. The van der Waals surface area contributed by atoms with Crippen LogP contribution >= 0.6 is 12.6 Å². The minimum Gasteiger partial charge on any atom is -0.497 e. The molecule has 2 aromatic rings. The van der Waals surface area contributed by atoms with E-state index in [4.69, 9.17) is 9.47 Å². The molecule has 0 aliphatic carbocycles. The lowest BCUT2D eigenvalue weighted by molar-refractivity contribution is -0.140. The summed E-state index contributed by atoms with van der Waals surface area (Å²) in [4.78, 5) is 42.6. The molecule has 42 heavy (non-hydrogen) atoms. The molecule has 9 heteroatoms. The molecule has 0 radical (unpaired) electrons. The van der Waals surface area contributed by atoms with Crippen molar-refractivity contribution in [3.8, 4) is 5.75 Å². The van der Waals surface area contributed by atoms with Gasteiger partial charge in [-0.05, 0) is 76.4 Å². The summed E-state index contributed by atoms with van der Waals surface area (Å²) in [6.45, 7) is 11.7. The van der Waals surface area contributed by atoms with E-state index in [1.54, 1.807) is 57.0 Å². The number of anilines is 1. The molecule has 0 aliphatic heterocycles. The molecule has 0 heterocycles. The molecule has 0 spiro atoms. The number of thiol groups is 1. The van der Waals surface area contributed by atoms with E-state index in [0.717, 1.165) is 48.8 Å². The topological polar surface area (TPSA) is 97.0 Å². The number of nitrogens with zero attached hydrogens (tertiary/aromatic N) is 1. The van der Waals surface area contributed by atoms with Gasteiger partial charge >= 0.3 is 6.09 Å². The molecule has 0 aromatic heterocycles. The highest BCUT2D eigenvalue weighted by atomic mass is 32.1. The number of rotatable bonds is 15. The van der Waals surface area contributed by atoms with E-state index in [2.05, 4.69) is 30.2 Å². The lowest BCUT2D eigenvalue weighted by atomic mass is 9.95. The largest absolute Gasteiger partial charge is 0.497 e. The molecule has 2 N–H and O–H groups in total. The Morgan fingerprint density at radius 1 is 0.952 bits per heavy atom. The summed E-state index contributed by atoms with van der Waals surface area (Å²) in [5.74, 6) is -0.0163. The Morgan fingerprint density at radius 2 is 1.60 bits per heavy atom. The van der Waals surface area contributed by atoms with Crippen molar-refractivity contribution in [3.63, 3.8) is 0 Å². The first-order valence-electron chi connectivity index (χ1n) is 14.8. The van der Waals surface area contributed by atoms with Crippen molar-refractivity contribution in [2.75, 3.05) is 24.7 Å². The van der Waals surface area contributed by atoms with Crippen LogP contribution in [-0.2, 0) is 14.3 Å². The Balaban J connectivity index is 2.49. The van der Waals surface area contributed by atoms with Crippen molar-refractivity contribution >= 4 is 36.2 Å². The molecule has 2 rings (SSSR count). The maximum absolute atomic E-state index is 14.2. The number of methoxy groups -OCH3 is 1. The number of aryl methyl sites for hydroxylation is 2. The molecule has 0 saturated heterocycles. The van der Waals surface area contributed by atoms with Gasteiger partial charge in [0.05, 0.1) is 7.11 Å². The third-order valence-corrected chi connectivity index (χ3v) is 7.22. The fraction of sp³-hybridized carbons (Fsp3) is 0.545. The van der Waals surface area contributed by atoms with Gasteiger partial charge in [-0.3, -0.25) is 9.59 Å². The van der Waals surface area contributed by atoms with Gasteiger partial charge in [0.15, 0.2) is 0 Å². The van der Waals surface area contributed by atoms with Crippen LogP contribution in [0.15, 0.2) is 42.5 Å². The third-order valence-electron chi connectivity index (χ3n) is 6.85. The van der Waals surface area contributed by atoms with E-state index in [-0.39, 0.29) is 17.6 Å². The number of carbonyl (C=O) groups excluding carboxylic acids is 3. The zero-order chi connectivity index (χ0) is 31.3. The Labute approximate surface area is 257 Å². The summed E-state index contributed by atoms with van der Waals surface area (Å²) in [5, 5.41) is 5.68. The average molecular weight is 600 g/mol. The van der Waals surface area contributed by atoms with E-state index >= 15 is 0 Å². The molecule has 0 bridgehead atoms. The Morgan fingerprint density at radius 3 is 2.19 bits per heavy atom. The first-order chi connectivity index (χ1) is 19.9. The summed E-state index contributed by atoms with van der Waals surface area (Å²) in [7, 11) is 1.58. The maximum Gasteiger partial charge on any atom is 0.408 e. The summed E-state index contributed by atoms with van der Waals surface area (Å²) in [5.41, 5.74) is 2.45. The van der Waals surface area contributed by atoms with Crippen LogP contribution in [0, 0.1) is 13.8 Å². The standard InChI is InChI=1S/C33H49N3O5S/c1-8-9-10-11-12-13-20-36(31(38)28(22-42)35-32(39)41-33(4,5)6)29(27-21-23(2)14-15-24(27)3)30(37)34-25-16-18-26(40-7)19-17-25/h14-19,21,28-29,42H,8-13,20,22H2,1-7H3,(H,34,37)(H,35,39). The third kappa shape index (κ3) is 11.2. The van der Waals surface area contributed by atoms with E-state index < -0.39 is 23.8 Å². The molecular formula is C33H49N3O5S. The molecular weight excluding hydrogens is 550 g/mol. The highest BCUT2D eigenvalue weighted by Crippen LogP contribution is 2.29. The number of hydrogen-bond donors (Lipinski definition) is 3. The van der Waals surface area contributed by atoms with Crippen LogP contribution in [0.5, 0.6) is 5.75 Å². The number of unbranched alkanes of at least 4 members (excludes halogenated alkanes) is 5. The number of carbonyl (C=O) groups is 3. The van der Waals surface area contributed by atoms with Gasteiger partial charge in [0.1, 0.15) is 23.4 Å². The van der Waals surface area contributed by atoms with Crippen molar-refractivity contribution < 1.29 is 23.9 Å². The first kappa shape index (κ1) is 35.0. The zero-order valence-electron chi connectivity index (χ0n) is 26.3. The number of ether oxygens (including phenoxy) is 2. The van der Waals surface area contributed by atoms with E-state index in [1.165, 1.54) is 6.42 Å². The van der Waals surface area contributed by atoms with Crippen LogP contribution < -0.4 is 15.4 Å². The second kappa shape index (κ2) is 17.0. The fourth-order valence-corrected chi connectivity index (χ4v) is 4.90. The Bertz CT molecular complexity index is 1160. The molecule has 0 fully saturated rings. The molecule has 0 saturated carbocycles. The van der Waals surface area contributed by atoms with Gasteiger partial charge < -0.3 is 25.0 Å². The van der Waals surface area contributed by atoms with Crippen molar-refractivity contribution in [1.29, 1.82) is 0 Å². The van der Waals surface area contributed by atoms with Gasteiger partial charge in [-0.1, -0.05) is 62.8 Å². The normalized spacial score (nSPS) is 12.7. The number of hydrogen-bond acceptors (Lipinski definition) is 6. The highest BCUT2D eigenvalue weighted by molar-refractivity contribution is 7.80. The second-order valence-electron chi connectivity index (χ2n) is 11.7. The van der Waals surface area contributed by atoms with Crippen LogP contribution in [0.4, 0.5) is 10.5 Å². The number of benzene rings is 2. The molecule has 3 amide bonds. The molecule has 2 atom stereocenters. The molecule has 8 nitrogen and oxygen atoms in total. The van der Waals surface area contributed by atoms with Crippen molar-refractivity contribution in [2.24, 2.45) is 0 Å². The molecule has 0 aliphatic rings. The zero-order valence-corrected chi connectivity index (χ0v) is 27.2. The lowest BCUT2D eigenvalue weighted by Crippen LogP contribution is -2.53. The maximum atomic E-state index is 14.2. The molecule has 2 aromatic carbocycles. The van der Waals surface area contributed by atoms with Crippen LogP contribution in [0.3, 0.4) is 0 Å². The van der Waals surface area contributed by atoms with Gasteiger partial charge in [-0.15, -0.1) is 0 Å². The van der Waals surface area contributed by atoms with Crippen LogP contribution in [-0.4, -0.2) is 53.9 Å². The predicted molar refractivity (Wildman–Crippen MR) is 172 cm³/mol. The number of nitrogens with one attached hydrogen (secondary N) is 2. The summed E-state index contributed by atoms with van der Waals surface area (Å²) >= 11 is 4.40. The SMILES string of the molecule is CCCCCCCCN(C(=O)C(CS)NC(=O)OC(C)(C)C)C(C(=O)Nc1ccc(OC)cc1)c1cc(C)ccc1C. The van der Waals surface area contributed by atoms with Crippen LogP contribution in [0.2, 0.25) is 0 Å². The summed E-state index contributed by atoms with van der Waals surface area (Å²) < 4.78 is 10.7. The predicted octanol–water partition coefficient (Wildman–Crippen LogP) is 7.00. The number of alkyl carbamates (subject to hydrolysis) is 1. The Hall–Kier alpha value is -3.20. The van der Waals surface area contributed by atoms with Crippen LogP contribution in [0.25, 0.3) is 0 Å². The highest BCUT2D eigenvalue weighted by Gasteiger charge is 2.36. The average Bonchev–Trinajstić information content (AvgIpc) is 2.93. The quantitative estimate of drug-likeness (QED) is 0.151.